The average molecular weight is 245 g/mol. The molecule has 0 radical (unpaired) electrons. The monoisotopic (exact) mass is 244 g/mol. The van der Waals surface area contributed by atoms with Crippen LogP contribution in [0.4, 0.5) is 8.78 Å². The van der Waals surface area contributed by atoms with Crippen molar-refractivity contribution in [2.45, 2.75) is 32.1 Å². The van der Waals surface area contributed by atoms with E-state index in [1.165, 1.54) is 6.07 Å². The van der Waals surface area contributed by atoms with Gasteiger partial charge in [0.2, 0.25) is 0 Å². The molecular formula is C13H15ClF2. The molecule has 0 amide bonds. The van der Waals surface area contributed by atoms with Crippen molar-refractivity contribution in [1.82, 2.24) is 0 Å². The molecule has 0 aliphatic heterocycles. The lowest BCUT2D eigenvalue weighted by Gasteiger charge is -2.12. The van der Waals surface area contributed by atoms with Crippen LogP contribution in [0, 0.1) is 23.0 Å². The van der Waals surface area contributed by atoms with Crippen molar-refractivity contribution >= 4 is 11.6 Å². The molecule has 0 aromatic heterocycles. The second kappa shape index (κ2) is 3.99. The van der Waals surface area contributed by atoms with Gasteiger partial charge in [-0.15, -0.1) is 11.6 Å². The molecule has 0 N–H and O–H groups in total. The Morgan fingerprint density at radius 1 is 1.44 bits per heavy atom. The fourth-order valence-corrected chi connectivity index (χ4v) is 2.78. The lowest BCUT2D eigenvalue weighted by Crippen LogP contribution is -2.11. The van der Waals surface area contributed by atoms with Gasteiger partial charge in [0, 0.05) is 5.38 Å². The lowest BCUT2D eigenvalue weighted by atomic mass is 10.0. The van der Waals surface area contributed by atoms with E-state index >= 15 is 0 Å². The van der Waals surface area contributed by atoms with Crippen molar-refractivity contribution in [3.8, 4) is 0 Å². The summed E-state index contributed by atoms with van der Waals surface area (Å²) in [6, 6.07) is 4.25. The minimum Gasteiger partial charge on any atom is -0.204 e. The van der Waals surface area contributed by atoms with Gasteiger partial charge in [-0.25, -0.2) is 8.78 Å². The molecular weight excluding hydrogens is 230 g/mol. The van der Waals surface area contributed by atoms with Crippen LogP contribution < -0.4 is 0 Å². The molecule has 1 saturated carbocycles. The van der Waals surface area contributed by atoms with E-state index in [0.717, 1.165) is 12.5 Å². The molecule has 2 atom stereocenters. The third-order valence-corrected chi connectivity index (χ3v) is 3.93. The summed E-state index contributed by atoms with van der Waals surface area (Å²) in [5, 5.41) is -0.105. The molecule has 1 fully saturated rings. The summed E-state index contributed by atoms with van der Waals surface area (Å²) in [5.41, 5.74) is 0.638. The van der Waals surface area contributed by atoms with Crippen LogP contribution in [0.2, 0.25) is 0 Å². The summed E-state index contributed by atoms with van der Waals surface area (Å²) >= 11 is 6.23. The molecule has 0 bridgehead atoms. The highest BCUT2D eigenvalue weighted by atomic mass is 35.5. The van der Waals surface area contributed by atoms with Crippen LogP contribution in [-0.4, -0.2) is 5.38 Å². The number of hydrogen-bond donors (Lipinski definition) is 0. The molecule has 1 aliphatic carbocycles. The third-order valence-electron chi connectivity index (χ3n) is 3.47. The molecule has 2 unspecified atom stereocenters. The lowest BCUT2D eigenvalue weighted by molar-refractivity contribution is 0.489. The van der Waals surface area contributed by atoms with Crippen LogP contribution in [-0.2, 0) is 6.42 Å². The number of rotatable bonds is 3. The summed E-state index contributed by atoms with van der Waals surface area (Å²) in [7, 11) is 0. The van der Waals surface area contributed by atoms with Gasteiger partial charge < -0.3 is 0 Å². The molecule has 0 heterocycles. The zero-order valence-corrected chi connectivity index (χ0v) is 10.2. The first-order chi connectivity index (χ1) is 7.42. The van der Waals surface area contributed by atoms with Gasteiger partial charge in [-0.2, -0.15) is 0 Å². The first-order valence-electron chi connectivity index (χ1n) is 5.49. The summed E-state index contributed by atoms with van der Waals surface area (Å²) < 4.78 is 26.4. The maximum atomic E-state index is 13.4. The number of alkyl halides is 1. The summed E-state index contributed by atoms with van der Waals surface area (Å²) in [4.78, 5) is 0. The minimum atomic E-state index is -0.795. The topological polar surface area (TPSA) is 0 Å². The minimum absolute atomic E-state index is 0.105. The van der Waals surface area contributed by atoms with Gasteiger partial charge in [0.25, 0.3) is 0 Å². The molecule has 1 aliphatic rings. The molecule has 0 nitrogen and oxygen atoms in total. The van der Waals surface area contributed by atoms with Crippen molar-refractivity contribution in [2.24, 2.45) is 11.3 Å². The summed E-state index contributed by atoms with van der Waals surface area (Å²) in [5.74, 6) is -1.14. The Balaban J connectivity index is 2.07. The van der Waals surface area contributed by atoms with Crippen molar-refractivity contribution < 1.29 is 8.78 Å². The predicted molar refractivity (Wildman–Crippen MR) is 61.6 cm³/mol. The fourth-order valence-electron chi connectivity index (χ4n) is 2.18. The van der Waals surface area contributed by atoms with Crippen LogP contribution in [0.3, 0.4) is 0 Å². The van der Waals surface area contributed by atoms with Crippen molar-refractivity contribution in [1.29, 1.82) is 0 Å². The SMILES string of the molecule is CC1(C)CC1C(Cl)Cc1cccc(F)c1F. The molecule has 0 saturated heterocycles. The van der Waals surface area contributed by atoms with E-state index in [4.69, 9.17) is 11.6 Å². The number of hydrogen-bond acceptors (Lipinski definition) is 0. The van der Waals surface area contributed by atoms with E-state index in [2.05, 4.69) is 13.8 Å². The molecule has 16 heavy (non-hydrogen) atoms. The number of halogens is 3. The summed E-state index contributed by atoms with van der Waals surface area (Å²) in [6.07, 6.45) is 1.47. The van der Waals surface area contributed by atoms with Gasteiger partial charge in [-0.3, -0.25) is 0 Å². The second-order valence-corrected chi connectivity index (χ2v) is 5.79. The molecule has 1 aromatic rings. The van der Waals surface area contributed by atoms with E-state index < -0.39 is 11.6 Å². The first-order valence-corrected chi connectivity index (χ1v) is 5.92. The van der Waals surface area contributed by atoms with E-state index in [9.17, 15) is 8.78 Å². The van der Waals surface area contributed by atoms with Crippen LogP contribution in [0.1, 0.15) is 25.8 Å². The van der Waals surface area contributed by atoms with Crippen molar-refractivity contribution in [2.75, 3.05) is 0 Å². The average Bonchev–Trinajstić information content (AvgIpc) is 2.83. The first kappa shape index (κ1) is 11.8. The van der Waals surface area contributed by atoms with Crippen LogP contribution in [0.25, 0.3) is 0 Å². The zero-order valence-electron chi connectivity index (χ0n) is 9.43. The molecule has 88 valence electrons. The van der Waals surface area contributed by atoms with Gasteiger partial charge in [-0.05, 0) is 35.8 Å². The van der Waals surface area contributed by atoms with Gasteiger partial charge in [0.05, 0.1) is 0 Å². The molecule has 1 aromatic carbocycles. The van der Waals surface area contributed by atoms with Gasteiger partial charge >= 0.3 is 0 Å². The van der Waals surface area contributed by atoms with Crippen molar-refractivity contribution in [3.63, 3.8) is 0 Å². The second-order valence-electron chi connectivity index (χ2n) is 5.23. The molecule has 0 spiro atoms. The van der Waals surface area contributed by atoms with Crippen LogP contribution in [0.5, 0.6) is 0 Å². The Hall–Kier alpha value is -0.630. The van der Waals surface area contributed by atoms with E-state index in [-0.39, 0.29) is 10.8 Å². The normalized spacial score (nSPS) is 24.2. The Morgan fingerprint density at radius 3 is 2.62 bits per heavy atom. The summed E-state index contributed by atoms with van der Waals surface area (Å²) in [6.45, 7) is 4.30. The quantitative estimate of drug-likeness (QED) is 0.701. The molecule has 3 heteroatoms. The van der Waals surface area contributed by atoms with Crippen LogP contribution in [0.15, 0.2) is 18.2 Å². The highest BCUT2D eigenvalue weighted by Gasteiger charge is 2.49. The maximum absolute atomic E-state index is 13.4. The Labute approximate surface area is 99.6 Å². The maximum Gasteiger partial charge on any atom is 0.162 e. The number of benzene rings is 1. The van der Waals surface area contributed by atoms with Gasteiger partial charge in [0.1, 0.15) is 0 Å². The zero-order chi connectivity index (χ0) is 11.9. The van der Waals surface area contributed by atoms with E-state index in [1.807, 2.05) is 0 Å². The van der Waals surface area contributed by atoms with Crippen molar-refractivity contribution in [3.05, 3.63) is 35.4 Å². The van der Waals surface area contributed by atoms with Gasteiger partial charge in [0.15, 0.2) is 11.6 Å². The van der Waals surface area contributed by atoms with Crippen LogP contribution >= 0.6 is 11.6 Å². The predicted octanol–water partition coefficient (Wildman–Crippen LogP) is 4.16. The highest BCUT2D eigenvalue weighted by molar-refractivity contribution is 6.21. The fraction of sp³-hybridized carbons (Fsp3) is 0.538. The Morgan fingerprint density at radius 2 is 2.06 bits per heavy atom. The molecule has 2 rings (SSSR count). The highest BCUT2D eigenvalue weighted by Crippen LogP contribution is 2.55. The Bertz CT molecular complexity index is 401. The van der Waals surface area contributed by atoms with E-state index in [1.54, 1.807) is 6.07 Å². The van der Waals surface area contributed by atoms with E-state index in [0.29, 0.717) is 17.9 Å². The Kier molecular flexibility index (Phi) is 2.95. The van der Waals surface area contributed by atoms with Gasteiger partial charge in [-0.1, -0.05) is 26.0 Å². The smallest absolute Gasteiger partial charge is 0.162 e. The standard InChI is InChI=1S/C13H15ClF2/c1-13(2)7-9(13)10(14)6-8-4-3-5-11(15)12(8)16/h3-5,9-10H,6-7H2,1-2H3. The third kappa shape index (κ3) is 2.22. The largest absolute Gasteiger partial charge is 0.204 e.